The van der Waals surface area contributed by atoms with E-state index in [0.717, 1.165) is 12.8 Å². The molecule has 0 aromatic carbocycles. The van der Waals surface area contributed by atoms with Crippen molar-refractivity contribution in [3.8, 4) is 0 Å². The predicted molar refractivity (Wildman–Crippen MR) is 64.7 cm³/mol. The largest absolute Gasteiger partial charge is 0.405 e. The quantitative estimate of drug-likeness (QED) is 0.743. The molecular formula is C12H21F3N2O2. The number of urea groups is 1. The lowest BCUT2D eigenvalue weighted by Gasteiger charge is -2.40. The Hall–Kier alpha value is -0.980. The van der Waals surface area contributed by atoms with Crippen LogP contribution < -0.4 is 10.6 Å². The summed E-state index contributed by atoms with van der Waals surface area (Å²) in [5.74, 6) is 0. The summed E-state index contributed by atoms with van der Waals surface area (Å²) in [6.45, 7) is 2.82. The maximum Gasteiger partial charge on any atom is 0.405 e. The summed E-state index contributed by atoms with van der Waals surface area (Å²) in [7, 11) is 0. The molecule has 0 aliphatic heterocycles. The zero-order valence-electron chi connectivity index (χ0n) is 11.2. The Morgan fingerprint density at radius 1 is 1.16 bits per heavy atom. The molecule has 1 aliphatic carbocycles. The number of carbonyl (C=O) groups excluding carboxylic acids is 1. The average molecular weight is 282 g/mol. The van der Waals surface area contributed by atoms with E-state index in [1.807, 2.05) is 0 Å². The zero-order chi connectivity index (χ0) is 14.7. The van der Waals surface area contributed by atoms with E-state index < -0.39 is 24.4 Å². The smallest absolute Gasteiger partial charge is 0.388 e. The van der Waals surface area contributed by atoms with Crippen LogP contribution in [-0.4, -0.2) is 36.0 Å². The van der Waals surface area contributed by atoms with Crippen molar-refractivity contribution in [2.75, 3.05) is 13.1 Å². The molecule has 0 spiro atoms. The normalized spacial score (nSPS) is 21.8. The minimum absolute atomic E-state index is 0.0211. The van der Waals surface area contributed by atoms with Crippen molar-refractivity contribution in [2.45, 2.75) is 51.3 Å². The van der Waals surface area contributed by atoms with Gasteiger partial charge in [-0.2, -0.15) is 13.2 Å². The summed E-state index contributed by atoms with van der Waals surface area (Å²) in [6, 6.07) is -0.907. The Kier molecular flexibility index (Phi) is 4.71. The van der Waals surface area contributed by atoms with E-state index in [9.17, 15) is 23.1 Å². The van der Waals surface area contributed by atoms with Crippen molar-refractivity contribution in [2.24, 2.45) is 5.41 Å². The lowest BCUT2D eigenvalue weighted by atomic mass is 9.71. The standard InChI is InChI=1S/C12H21F3N2O2/c1-10(2)3-5-11(19,6-4-10)7-16-9(18)17-8-12(13,14)15/h19H,3-8H2,1-2H3,(H2,16,17,18). The number of amides is 2. The fraction of sp³-hybridized carbons (Fsp3) is 0.917. The molecule has 112 valence electrons. The fourth-order valence-corrected chi connectivity index (χ4v) is 2.06. The molecule has 2 amide bonds. The highest BCUT2D eigenvalue weighted by Crippen LogP contribution is 2.39. The maximum absolute atomic E-state index is 11.9. The van der Waals surface area contributed by atoms with Crippen molar-refractivity contribution in [3.63, 3.8) is 0 Å². The lowest BCUT2D eigenvalue weighted by molar-refractivity contribution is -0.122. The van der Waals surface area contributed by atoms with Crippen molar-refractivity contribution in [3.05, 3.63) is 0 Å². The number of halogens is 3. The van der Waals surface area contributed by atoms with Gasteiger partial charge in [-0.25, -0.2) is 4.79 Å². The summed E-state index contributed by atoms with van der Waals surface area (Å²) in [6.07, 6.45) is -1.69. The zero-order valence-corrected chi connectivity index (χ0v) is 11.2. The topological polar surface area (TPSA) is 61.4 Å². The van der Waals surface area contributed by atoms with E-state index in [1.54, 1.807) is 5.32 Å². The molecule has 4 nitrogen and oxygen atoms in total. The van der Waals surface area contributed by atoms with Crippen LogP contribution in [0.15, 0.2) is 0 Å². The monoisotopic (exact) mass is 282 g/mol. The molecule has 1 fully saturated rings. The molecule has 7 heteroatoms. The van der Waals surface area contributed by atoms with Crippen molar-refractivity contribution in [1.29, 1.82) is 0 Å². The number of hydrogen-bond acceptors (Lipinski definition) is 2. The average Bonchev–Trinajstić information content (AvgIpc) is 2.28. The first kappa shape index (κ1) is 16.1. The highest BCUT2D eigenvalue weighted by Gasteiger charge is 2.37. The molecule has 0 unspecified atom stereocenters. The molecule has 0 aromatic heterocycles. The fourth-order valence-electron chi connectivity index (χ4n) is 2.06. The third-order valence-corrected chi connectivity index (χ3v) is 3.56. The Bertz CT molecular complexity index is 319. The maximum atomic E-state index is 11.9. The highest BCUT2D eigenvalue weighted by molar-refractivity contribution is 5.73. The van der Waals surface area contributed by atoms with Gasteiger partial charge in [-0.15, -0.1) is 0 Å². The summed E-state index contributed by atoms with van der Waals surface area (Å²) in [4.78, 5) is 11.2. The van der Waals surface area contributed by atoms with Gasteiger partial charge < -0.3 is 15.7 Å². The van der Waals surface area contributed by atoms with Gasteiger partial charge in [0.2, 0.25) is 0 Å². The van der Waals surface area contributed by atoms with Crippen LogP contribution in [0.4, 0.5) is 18.0 Å². The Morgan fingerprint density at radius 3 is 2.16 bits per heavy atom. The Morgan fingerprint density at radius 2 is 1.68 bits per heavy atom. The van der Waals surface area contributed by atoms with E-state index in [1.165, 1.54) is 0 Å². The molecule has 0 bridgehead atoms. The van der Waals surface area contributed by atoms with Gasteiger partial charge in [0.25, 0.3) is 0 Å². The molecule has 1 aliphatic rings. The van der Waals surface area contributed by atoms with Gasteiger partial charge in [0.1, 0.15) is 6.54 Å². The summed E-state index contributed by atoms with van der Waals surface area (Å²) in [5, 5.41) is 14.2. The van der Waals surface area contributed by atoms with Gasteiger partial charge in [-0.3, -0.25) is 0 Å². The second kappa shape index (κ2) is 5.56. The molecule has 0 saturated heterocycles. The van der Waals surface area contributed by atoms with Gasteiger partial charge in [-0.05, 0) is 31.1 Å². The predicted octanol–water partition coefficient (Wildman–Crippen LogP) is 2.18. The van der Waals surface area contributed by atoms with Crippen LogP contribution in [0, 0.1) is 5.41 Å². The van der Waals surface area contributed by atoms with E-state index >= 15 is 0 Å². The van der Waals surface area contributed by atoms with Gasteiger partial charge in [0, 0.05) is 6.54 Å². The minimum atomic E-state index is -4.43. The van der Waals surface area contributed by atoms with E-state index in [4.69, 9.17) is 0 Å². The van der Waals surface area contributed by atoms with Crippen molar-refractivity contribution >= 4 is 6.03 Å². The number of rotatable bonds is 3. The van der Waals surface area contributed by atoms with Crippen molar-refractivity contribution in [1.82, 2.24) is 10.6 Å². The number of carbonyl (C=O) groups is 1. The second-order valence-corrected chi connectivity index (χ2v) is 6.04. The van der Waals surface area contributed by atoms with E-state index in [0.29, 0.717) is 12.8 Å². The first-order chi connectivity index (χ1) is 8.52. The molecule has 1 saturated carbocycles. The van der Waals surface area contributed by atoms with E-state index in [-0.39, 0.29) is 12.0 Å². The SMILES string of the molecule is CC1(C)CCC(O)(CNC(=O)NCC(F)(F)F)CC1. The lowest BCUT2D eigenvalue weighted by Crippen LogP contribution is -2.50. The number of nitrogens with one attached hydrogen (secondary N) is 2. The summed E-state index contributed by atoms with van der Waals surface area (Å²) in [5.41, 5.74) is -0.837. The van der Waals surface area contributed by atoms with Crippen LogP contribution in [0.25, 0.3) is 0 Å². The first-order valence-corrected chi connectivity index (χ1v) is 6.32. The third kappa shape index (κ3) is 6.13. The molecule has 1 rings (SSSR count). The van der Waals surface area contributed by atoms with Crippen LogP contribution in [0.5, 0.6) is 0 Å². The third-order valence-electron chi connectivity index (χ3n) is 3.56. The Labute approximate surface area is 110 Å². The van der Waals surface area contributed by atoms with Crippen LogP contribution in [0.3, 0.4) is 0 Å². The highest BCUT2D eigenvalue weighted by atomic mass is 19.4. The summed E-state index contributed by atoms with van der Waals surface area (Å²) >= 11 is 0. The van der Waals surface area contributed by atoms with Gasteiger partial charge in [0.15, 0.2) is 0 Å². The van der Waals surface area contributed by atoms with Crippen LogP contribution in [-0.2, 0) is 0 Å². The van der Waals surface area contributed by atoms with Crippen LogP contribution in [0.1, 0.15) is 39.5 Å². The van der Waals surface area contributed by atoms with Gasteiger partial charge >= 0.3 is 12.2 Å². The minimum Gasteiger partial charge on any atom is -0.388 e. The molecule has 0 heterocycles. The van der Waals surface area contributed by atoms with E-state index in [2.05, 4.69) is 19.2 Å². The number of aliphatic hydroxyl groups is 1. The van der Waals surface area contributed by atoms with Gasteiger partial charge in [-0.1, -0.05) is 13.8 Å². The molecule has 0 radical (unpaired) electrons. The van der Waals surface area contributed by atoms with Crippen LogP contribution in [0.2, 0.25) is 0 Å². The molecule has 3 N–H and O–H groups in total. The molecular weight excluding hydrogens is 261 g/mol. The first-order valence-electron chi connectivity index (χ1n) is 6.32. The molecule has 0 aromatic rings. The molecule has 19 heavy (non-hydrogen) atoms. The Balaban J connectivity index is 2.30. The summed E-state index contributed by atoms with van der Waals surface area (Å²) < 4.78 is 35.6. The van der Waals surface area contributed by atoms with Gasteiger partial charge in [0.05, 0.1) is 5.60 Å². The van der Waals surface area contributed by atoms with Crippen LogP contribution >= 0.6 is 0 Å². The number of alkyl halides is 3. The van der Waals surface area contributed by atoms with Crippen molar-refractivity contribution < 1.29 is 23.1 Å². The second-order valence-electron chi connectivity index (χ2n) is 6.04. The molecule has 0 atom stereocenters. The number of hydrogen-bond donors (Lipinski definition) is 3.